The Labute approximate surface area is 174 Å². The van der Waals surface area contributed by atoms with Crippen LogP contribution in [0.3, 0.4) is 0 Å². The molecule has 0 radical (unpaired) electrons. The Morgan fingerprint density at radius 3 is 2.62 bits per heavy atom. The van der Waals surface area contributed by atoms with E-state index in [4.69, 9.17) is 16.3 Å². The van der Waals surface area contributed by atoms with Gasteiger partial charge in [0.15, 0.2) is 0 Å². The van der Waals surface area contributed by atoms with Crippen LogP contribution in [0.5, 0.6) is 5.75 Å². The highest BCUT2D eigenvalue weighted by Crippen LogP contribution is 2.27. The highest BCUT2D eigenvalue weighted by molar-refractivity contribution is 7.13. The third-order valence-corrected chi connectivity index (χ3v) is 4.73. The summed E-state index contributed by atoms with van der Waals surface area (Å²) < 4.78 is 18.1. The molecular weight excluding hydrogens is 421 g/mol. The first-order valence-electron chi connectivity index (χ1n) is 8.22. The molecule has 29 heavy (non-hydrogen) atoms. The zero-order valence-corrected chi connectivity index (χ0v) is 16.6. The molecule has 8 nitrogen and oxygen atoms in total. The molecule has 3 aromatic rings. The summed E-state index contributed by atoms with van der Waals surface area (Å²) in [5.74, 6) is -0.422. The first kappa shape index (κ1) is 20.5. The molecule has 0 aliphatic rings. The molecule has 0 aliphatic heterocycles. The lowest BCUT2D eigenvalue weighted by atomic mass is 10.3. The number of carbonyl (C=O) groups excluding carboxylic acids is 2. The number of ether oxygens (including phenoxy) is 1. The molecule has 0 fully saturated rings. The van der Waals surface area contributed by atoms with Crippen LogP contribution in [-0.2, 0) is 6.54 Å². The van der Waals surface area contributed by atoms with Crippen molar-refractivity contribution in [2.24, 2.45) is 0 Å². The predicted molar refractivity (Wildman–Crippen MR) is 108 cm³/mol. The number of anilines is 2. The Morgan fingerprint density at radius 2 is 1.90 bits per heavy atom. The third-order valence-electron chi connectivity index (χ3n) is 3.57. The summed E-state index contributed by atoms with van der Waals surface area (Å²) in [5.41, 5.74) is 0.843. The van der Waals surface area contributed by atoms with Gasteiger partial charge < -0.3 is 20.7 Å². The average Bonchev–Trinajstić information content (AvgIpc) is 3.18. The minimum Gasteiger partial charge on any atom is -0.495 e. The zero-order valence-electron chi connectivity index (χ0n) is 15.0. The van der Waals surface area contributed by atoms with Crippen molar-refractivity contribution >= 4 is 46.3 Å². The van der Waals surface area contributed by atoms with Gasteiger partial charge in [0.2, 0.25) is 5.01 Å². The number of benzene rings is 2. The molecule has 2 aromatic carbocycles. The van der Waals surface area contributed by atoms with Crippen LogP contribution in [0.2, 0.25) is 5.02 Å². The average molecular weight is 436 g/mol. The van der Waals surface area contributed by atoms with E-state index in [0.717, 1.165) is 11.3 Å². The summed E-state index contributed by atoms with van der Waals surface area (Å²) in [6, 6.07) is 9.67. The van der Waals surface area contributed by atoms with Crippen LogP contribution in [0.4, 0.5) is 20.6 Å². The Hall–Kier alpha value is -3.24. The quantitative estimate of drug-likeness (QED) is 0.544. The molecule has 0 saturated heterocycles. The van der Waals surface area contributed by atoms with Gasteiger partial charge in [0.05, 0.1) is 19.3 Å². The lowest BCUT2D eigenvalue weighted by molar-refractivity contribution is 0.102. The van der Waals surface area contributed by atoms with Crippen LogP contribution >= 0.6 is 22.9 Å². The standard InChI is InChI=1S/C18H15ClFN5O3S/c1-28-14-7-2-10(19)8-13(14)23-18(27)21-9-15-24-25-17(29-15)16(26)22-12-5-3-11(20)4-6-12/h2-8H,9H2,1H3,(H,22,26)(H2,21,23,27). The fourth-order valence-electron chi connectivity index (χ4n) is 2.23. The molecule has 0 saturated carbocycles. The van der Waals surface area contributed by atoms with Crippen LogP contribution in [0.15, 0.2) is 42.5 Å². The lowest BCUT2D eigenvalue weighted by Gasteiger charge is -2.10. The largest absolute Gasteiger partial charge is 0.495 e. The minimum absolute atomic E-state index is 0.0657. The van der Waals surface area contributed by atoms with Gasteiger partial charge in [0.1, 0.15) is 16.6 Å². The summed E-state index contributed by atoms with van der Waals surface area (Å²) >= 11 is 6.95. The van der Waals surface area contributed by atoms with E-state index < -0.39 is 17.8 Å². The van der Waals surface area contributed by atoms with Gasteiger partial charge in [-0.2, -0.15) is 0 Å². The molecule has 0 atom stereocenters. The predicted octanol–water partition coefficient (Wildman–Crippen LogP) is 3.91. The molecule has 0 unspecified atom stereocenters. The van der Waals surface area contributed by atoms with Gasteiger partial charge in [0.25, 0.3) is 5.91 Å². The lowest BCUT2D eigenvalue weighted by Crippen LogP contribution is -2.28. The summed E-state index contributed by atoms with van der Waals surface area (Å²) in [6.45, 7) is 0.0657. The Balaban J connectivity index is 1.55. The molecule has 3 rings (SSSR count). The van der Waals surface area contributed by atoms with E-state index in [2.05, 4.69) is 26.1 Å². The highest BCUT2D eigenvalue weighted by atomic mass is 35.5. The molecule has 3 N–H and O–H groups in total. The maximum atomic E-state index is 12.9. The van der Waals surface area contributed by atoms with Crippen molar-refractivity contribution in [1.82, 2.24) is 15.5 Å². The van der Waals surface area contributed by atoms with E-state index in [1.807, 2.05) is 0 Å². The Morgan fingerprint density at radius 1 is 1.14 bits per heavy atom. The molecule has 150 valence electrons. The molecule has 11 heteroatoms. The summed E-state index contributed by atoms with van der Waals surface area (Å²) in [4.78, 5) is 24.3. The van der Waals surface area contributed by atoms with Crippen molar-refractivity contribution in [2.45, 2.75) is 6.54 Å². The van der Waals surface area contributed by atoms with Gasteiger partial charge in [-0.25, -0.2) is 9.18 Å². The van der Waals surface area contributed by atoms with E-state index in [1.54, 1.807) is 18.2 Å². The SMILES string of the molecule is COc1ccc(Cl)cc1NC(=O)NCc1nnc(C(=O)Nc2ccc(F)cc2)s1. The summed E-state index contributed by atoms with van der Waals surface area (Å²) in [6.07, 6.45) is 0. The van der Waals surface area contributed by atoms with Crippen molar-refractivity contribution < 1.29 is 18.7 Å². The molecule has 3 amide bonds. The maximum absolute atomic E-state index is 12.9. The molecular formula is C18H15ClFN5O3S. The van der Waals surface area contributed by atoms with Gasteiger partial charge in [-0.3, -0.25) is 4.79 Å². The first-order chi connectivity index (χ1) is 13.9. The monoisotopic (exact) mass is 435 g/mol. The Kier molecular flexibility index (Phi) is 6.57. The van der Waals surface area contributed by atoms with Gasteiger partial charge >= 0.3 is 6.03 Å². The summed E-state index contributed by atoms with van der Waals surface area (Å²) in [7, 11) is 1.48. The molecule has 1 aromatic heterocycles. The number of methoxy groups -OCH3 is 1. The number of carbonyl (C=O) groups is 2. The van der Waals surface area contributed by atoms with Gasteiger partial charge in [0, 0.05) is 10.7 Å². The van der Waals surface area contributed by atoms with E-state index in [-0.39, 0.29) is 11.6 Å². The van der Waals surface area contributed by atoms with E-state index in [0.29, 0.717) is 27.2 Å². The van der Waals surface area contributed by atoms with Crippen LogP contribution in [0, 0.1) is 5.82 Å². The molecule has 0 bridgehead atoms. The molecule has 0 aliphatic carbocycles. The van der Waals surface area contributed by atoms with Gasteiger partial charge in [-0.1, -0.05) is 22.9 Å². The van der Waals surface area contributed by atoms with Gasteiger partial charge in [-0.15, -0.1) is 10.2 Å². The summed E-state index contributed by atoms with van der Waals surface area (Å²) in [5, 5.41) is 16.5. The number of nitrogens with zero attached hydrogens (tertiary/aromatic N) is 2. The van der Waals surface area contributed by atoms with E-state index >= 15 is 0 Å². The third kappa shape index (κ3) is 5.62. The van der Waals surface area contributed by atoms with Crippen LogP contribution < -0.4 is 20.7 Å². The number of halogens is 2. The number of urea groups is 1. The number of nitrogens with one attached hydrogen (secondary N) is 3. The van der Waals surface area contributed by atoms with Crippen molar-refractivity contribution in [3.63, 3.8) is 0 Å². The van der Waals surface area contributed by atoms with Crippen LogP contribution in [0.25, 0.3) is 0 Å². The van der Waals surface area contributed by atoms with Crippen molar-refractivity contribution in [3.8, 4) is 5.75 Å². The number of rotatable bonds is 6. The second kappa shape index (κ2) is 9.30. The first-order valence-corrected chi connectivity index (χ1v) is 9.42. The molecule has 0 spiro atoms. The fraction of sp³-hybridized carbons (Fsp3) is 0.111. The minimum atomic E-state index is -0.502. The Bertz CT molecular complexity index is 1030. The molecule has 1 heterocycles. The normalized spacial score (nSPS) is 10.3. The topological polar surface area (TPSA) is 105 Å². The number of aromatic nitrogens is 2. The number of hydrogen-bond donors (Lipinski definition) is 3. The maximum Gasteiger partial charge on any atom is 0.319 e. The van der Waals surface area contributed by atoms with Crippen molar-refractivity contribution in [1.29, 1.82) is 0 Å². The number of hydrogen-bond acceptors (Lipinski definition) is 6. The van der Waals surface area contributed by atoms with Crippen molar-refractivity contribution in [2.75, 3.05) is 17.7 Å². The van der Waals surface area contributed by atoms with E-state index in [9.17, 15) is 14.0 Å². The number of amides is 3. The zero-order chi connectivity index (χ0) is 20.8. The highest BCUT2D eigenvalue weighted by Gasteiger charge is 2.14. The second-order valence-corrected chi connectivity index (χ2v) is 7.11. The van der Waals surface area contributed by atoms with Crippen molar-refractivity contribution in [3.05, 3.63) is 63.3 Å². The second-order valence-electron chi connectivity index (χ2n) is 5.61. The van der Waals surface area contributed by atoms with Crippen LogP contribution in [-0.4, -0.2) is 29.2 Å². The fourth-order valence-corrected chi connectivity index (χ4v) is 3.08. The van der Waals surface area contributed by atoms with Gasteiger partial charge in [-0.05, 0) is 42.5 Å². The van der Waals surface area contributed by atoms with Crippen LogP contribution in [0.1, 0.15) is 14.8 Å². The van der Waals surface area contributed by atoms with E-state index in [1.165, 1.54) is 31.4 Å². The smallest absolute Gasteiger partial charge is 0.319 e.